The van der Waals surface area contributed by atoms with Gasteiger partial charge < -0.3 is 29.9 Å². The van der Waals surface area contributed by atoms with Crippen molar-refractivity contribution in [2.75, 3.05) is 38.7 Å². The minimum atomic E-state index is -0.849. The van der Waals surface area contributed by atoms with Gasteiger partial charge in [-0.2, -0.15) is 0 Å². The van der Waals surface area contributed by atoms with E-state index in [1.165, 1.54) is 31.5 Å². The Balaban J connectivity index is 0.000000868. The topological polar surface area (TPSA) is 121 Å². The Bertz CT molecular complexity index is 1050. The number of fused-ring (bicyclic) bond motifs is 3. The van der Waals surface area contributed by atoms with Crippen LogP contribution in [0.1, 0.15) is 49.7 Å². The molecule has 5 rings (SSSR count). The molecule has 2 heterocycles. The number of aliphatic carboxylic acids is 1. The predicted molar refractivity (Wildman–Crippen MR) is 128 cm³/mol. The first-order valence-corrected chi connectivity index (χ1v) is 12.0. The second-order valence-electron chi connectivity index (χ2n) is 9.16. The molecule has 2 aliphatic carbocycles. The number of aryl methyl sites for hydroxylation is 1. The Morgan fingerprint density at radius 1 is 1.18 bits per heavy atom. The minimum absolute atomic E-state index is 0.250. The Kier molecular flexibility index (Phi) is 7.41. The van der Waals surface area contributed by atoms with Crippen molar-refractivity contribution in [2.45, 2.75) is 56.9 Å². The molecule has 0 atom stereocenters. The number of aromatic nitrogens is 1. The zero-order valence-electron chi connectivity index (χ0n) is 19.6. The molecule has 2 aromatic rings. The van der Waals surface area contributed by atoms with Crippen LogP contribution in [0.5, 0.6) is 11.5 Å². The average Bonchev–Trinajstić information content (AvgIpc) is 3.21. The number of benzene rings is 1. The lowest BCUT2D eigenvalue weighted by molar-refractivity contribution is -0.139. The second-order valence-corrected chi connectivity index (χ2v) is 9.16. The molecule has 1 saturated carbocycles. The van der Waals surface area contributed by atoms with Crippen LogP contribution in [-0.4, -0.2) is 71.4 Å². The quantitative estimate of drug-likeness (QED) is 0.373. The molecule has 9 nitrogen and oxygen atoms in total. The number of hydrogen-bond donors (Lipinski definition) is 3. The van der Waals surface area contributed by atoms with Gasteiger partial charge >= 0.3 is 5.97 Å². The van der Waals surface area contributed by atoms with E-state index in [0.29, 0.717) is 25.2 Å². The number of nitrogens with one attached hydrogen (secondary N) is 1. The van der Waals surface area contributed by atoms with E-state index < -0.39 is 11.5 Å². The number of methoxy groups -OCH3 is 1. The first kappa shape index (κ1) is 24.1. The number of pyridine rings is 1. The third-order valence-electron chi connectivity index (χ3n) is 6.94. The molecule has 1 aliphatic heterocycles. The third kappa shape index (κ3) is 5.04. The summed E-state index contributed by atoms with van der Waals surface area (Å²) in [7, 11) is 1.67. The highest BCUT2D eigenvalue weighted by atomic mass is 16.5. The molecule has 0 unspecified atom stereocenters. The molecule has 9 heteroatoms. The maximum atomic E-state index is 11.7. The Morgan fingerprint density at radius 3 is 2.53 bits per heavy atom. The lowest BCUT2D eigenvalue weighted by Gasteiger charge is -2.19. The largest absolute Gasteiger partial charge is 0.493 e. The number of anilines is 1. The van der Waals surface area contributed by atoms with Gasteiger partial charge in [0.05, 0.1) is 19.2 Å². The summed E-state index contributed by atoms with van der Waals surface area (Å²) in [4.78, 5) is 27.4. The number of carbonyl (C=O) groups is 2. The molecule has 0 radical (unpaired) electrons. The fourth-order valence-electron chi connectivity index (χ4n) is 4.97. The molecular formula is C25H33N3O6. The number of nitrogens with zero attached hydrogens (tertiary/aromatic N) is 2. The Hall–Kier alpha value is -3.07. The highest BCUT2D eigenvalue weighted by Crippen LogP contribution is 2.43. The normalized spacial score (nSPS) is 18.0. The number of rotatable bonds is 9. The van der Waals surface area contributed by atoms with Gasteiger partial charge in [0, 0.05) is 18.0 Å². The average molecular weight is 472 g/mol. The highest BCUT2D eigenvalue weighted by Gasteiger charge is 2.51. The smallest absolute Gasteiger partial charge is 0.329 e. The van der Waals surface area contributed by atoms with Gasteiger partial charge in [0.1, 0.15) is 11.4 Å². The van der Waals surface area contributed by atoms with Crippen LogP contribution in [0.3, 0.4) is 0 Å². The third-order valence-corrected chi connectivity index (χ3v) is 6.94. The number of ether oxygens (including phenoxy) is 2. The van der Waals surface area contributed by atoms with Crippen molar-refractivity contribution in [3.05, 3.63) is 23.3 Å². The van der Waals surface area contributed by atoms with Crippen molar-refractivity contribution < 1.29 is 29.3 Å². The molecule has 1 aromatic heterocycles. The number of carboxylic acids is 1. The first-order valence-electron chi connectivity index (χ1n) is 12.0. The molecule has 34 heavy (non-hydrogen) atoms. The van der Waals surface area contributed by atoms with Gasteiger partial charge in [0.2, 0.25) is 0 Å². The van der Waals surface area contributed by atoms with Crippen LogP contribution in [0.25, 0.3) is 10.9 Å². The van der Waals surface area contributed by atoms with Gasteiger partial charge in [-0.3, -0.25) is 4.79 Å². The SMILES string of the molecule is COc1cc2c3c(c(NC4(C(=O)O)CC4)nc2cc1OCCCN1CCCC1)CCC3.O=CO. The summed E-state index contributed by atoms with van der Waals surface area (Å²) >= 11 is 0. The molecule has 0 spiro atoms. The van der Waals surface area contributed by atoms with E-state index in [-0.39, 0.29) is 6.47 Å². The van der Waals surface area contributed by atoms with Crippen molar-refractivity contribution in [3.8, 4) is 11.5 Å². The summed E-state index contributed by atoms with van der Waals surface area (Å²) in [5.41, 5.74) is 2.40. The van der Waals surface area contributed by atoms with E-state index in [4.69, 9.17) is 24.4 Å². The van der Waals surface area contributed by atoms with Crippen LogP contribution in [0, 0.1) is 0 Å². The van der Waals surface area contributed by atoms with E-state index in [1.807, 2.05) is 12.1 Å². The van der Waals surface area contributed by atoms with Crippen molar-refractivity contribution in [1.82, 2.24) is 9.88 Å². The summed E-state index contributed by atoms with van der Waals surface area (Å²) < 4.78 is 11.7. The van der Waals surface area contributed by atoms with Crippen molar-refractivity contribution in [3.63, 3.8) is 0 Å². The monoisotopic (exact) mass is 471 g/mol. The standard InChI is InChI=1S/C24H31N3O4.CH2O2/c1-30-20-14-18-16-6-4-7-17(16)22(26-24(8-9-24)23(28)29)25-19(18)15-21(20)31-13-5-12-27-10-2-3-11-27;2-1-3/h14-15H,2-13H2,1H3,(H,25,26)(H,28,29);1H,(H,2,3). The van der Waals surface area contributed by atoms with E-state index in [9.17, 15) is 9.90 Å². The Morgan fingerprint density at radius 2 is 1.88 bits per heavy atom. The predicted octanol–water partition coefficient (Wildman–Crippen LogP) is 3.33. The van der Waals surface area contributed by atoms with E-state index in [1.54, 1.807) is 7.11 Å². The highest BCUT2D eigenvalue weighted by molar-refractivity contribution is 5.91. The van der Waals surface area contributed by atoms with E-state index >= 15 is 0 Å². The lowest BCUT2D eigenvalue weighted by atomic mass is 10.0. The molecule has 3 aliphatic rings. The van der Waals surface area contributed by atoms with Gasteiger partial charge in [0.25, 0.3) is 6.47 Å². The maximum Gasteiger partial charge on any atom is 0.329 e. The van der Waals surface area contributed by atoms with Gasteiger partial charge in [-0.05, 0) is 81.6 Å². The van der Waals surface area contributed by atoms with E-state index in [0.717, 1.165) is 60.3 Å². The summed E-state index contributed by atoms with van der Waals surface area (Å²) in [6.07, 6.45) is 7.82. The van der Waals surface area contributed by atoms with Crippen molar-refractivity contribution in [2.24, 2.45) is 0 Å². The molecule has 184 valence electrons. The van der Waals surface area contributed by atoms with Gasteiger partial charge in [0.15, 0.2) is 11.5 Å². The molecule has 1 aromatic carbocycles. The molecular weight excluding hydrogens is 438 g/mol. The van der Waals surface area contributed by atoms with Crippen LogP contribution in [0.4, 0.5) is 5.82 Å². The zero-order valence-corrected chi connectivity index (χ0v) is 19.6. The lowest BCUT2D eigenvalue weighted by Crippen LogP contribution is -2.32. The minimum Gasteiger partial charge on any atom is -0.493 e. The van der Waals surface area contributed by atoms with Crippen molar-refractivity contribution in [1.29, 1.82) is 0 Å². The van der Waals surface area contributed by atoms with Gasteiger partial charge in [-0.25, -0.2) is 9.78 Å². The molecule has 3 N–H and O–H groups in total. The van der Waals surface area contributed by atoms with Gasteiger partial charge in [-0.15, -0.1) is 0 Å². The van der Waals surface area contributed by atoms with Gasteiger partial charge in [-0.1, -0.05) is 0 Å². The fourth-order valence-corrected chi connectivity index (χ4v) is 4.97. The number of carboxylic acid groups (broad SMARTS) is 2. The number of likely N-dealkylation sites (tertiary alicyclic amines) is 1. The number of hydrogen-bond acceptors (Lipinski definition) is 7. The van der Waals surface area contributed by atoms with Crippen LogP contribution >= 0.6 is 0 Å². The molecule has 0 bridgehead atoms. The second kappa shape index (κ2) is 10.5. The van der Waals surface area contributed by atoms with Crippen LogP contribution in [0.2, 0.25) is 0 Å². The molecule has 2 fully saturated rings. The summed E-state index contributed by atoms with van der Waals surface area (Å²) in [6.45, 7) is 3.84. The van der Waals surface area contributed by atoms with Crippen molar-refractivity contribution >= 4 is 29.2 Å². The Labute approximate surface area is 199 Å². The first-order chi connectivity index (χ1) is 16.5. The fraction of sp³-hybridized carbons (Fsp3) is 0.560. The molecule has 0 amide bonds. The summed E-state index contributed by atoms with van der Waals surface area (Å²) in [6, 6.07) is 3.99. The zero-order chi connectivity index (χ0) is 24.1. The van der Waals surface area contributed by atoms with Crippen LogP contribution in [-0.2, 0) is 22.4 Å². The molecule has 1 saturated heterocycles. The summed E-state index contributed by atoms with van der Waals surface area (Å²) in [5.74, 6) is 1.37. The summed E-state index contributed by atoms with van der Waals surface area (Å²) in [5, 5.41) is 20.8. The van der Waals surface area contributed by atoms with Crippen LogP contribution < -0.4 is 14.8 Å². The van der Waals surface area contributed by atoms with E-state index in [2.05, 4.69) is 10.2 Å². The maximum absolute atomic E-state index is 11.7. The van der Waals surface area contributed by atoms with Crippen LogP contribution in [0.15, 0.2) is 12.1 Å².